The molecule has 0 aliphatic carbocycles. The number of carboxylic acid groups (broad SMARTS) is 1. The number of benzene rings is 1. The quantitative estimate of drug-likeness (QED) is 0.569. The van der Waals surface area contributed by atoms with Gasteiger partial charge < -0.3 is 14.8 Å². The molecule has 0 amide bonds. The lowest BCUT2D eigenvalue weighted by molar-refractivity contribution is -0.137. The van der Waals surface area contributed by atoms with E-state index >= 15 is 0 Å². The van der Waals surface area contributed by atoms with Gasteiger partial charge in [0.15, 0.2) is 0 Å². The Morgan fingerprint density at radius 3 is 2.52 bits per heavy atom. The summed E-state index contributed by atoms with van der Waals surface area (Å²) in [4.78, 5) is 11.4. The van der Waals surface area contributed by atoms with Gasteiger partial charge in [0.05, 0.1) is 21.5 Å². The Kier molecular flexibility index (Phi) is 4.94. The van der Waals surface area contributed by atoms with Crippen molar-refractivity contribution in [2.45, 2.75) is 33.0 Å². The van der Waals surface area contributed by atoms with Crippen LogP contribution in [-0.4, -0.2) is 20.7 Å². The van der Waals surface area contributed by atoms with Crippen molar-refractivity contribution in [3.05, 3.63) is 40.8 Å². The molecular weight excluding hydrogens is 379 g/mol. The number of phenols is 1. The molecule has 2 N–H and O–H groups in total. The standard InChI is InChI=1S/C19H18F3NO3S/c1-10(2)5-6-23-14(8-16-15(23)9-17(27-16)18(25)26)12-4-3-11(24)7-13(12)19(20,21)22/h3-4,7-10,24H,5-6H2,1-2H3,(H,25,26). The number of fused-ring (bicyclic) bond motifs is 1. The van der Waals surface area contributed by atoms with Crippen molar-refractivity contribution in [2.24, 2.45) is 5.92 Å². The zero-order chi connectivity index (χ0) is 19.9. The molecule has 2 aromatic heterocycles. The van der Waals surface area contributed by atoms with E-state index in [9.17, 15) is 28.2 Å². The molecule has 4 nitrogen and oxygen atoms in total. The minimum atomic E-state index is -4.62. The minimum absolute atomic E-state index is 0.0377. The van der Waals surface area contributed by atoms with E-state index in [4.69, 9.17) is 0 Å². The maximum atomic E-state index is 13.5. The van der Waals surface area contributed by atoms with Gasteiger partial charge >= 0.3 is 12.1 Å². The number of hydrogen-bond acceptors (Lipinski definition) is 3. The van der Waals surface area contributed by atoms with Crippen LogP contribution in [0.3, 0.4) is 0 Å². The molecule has 0 bridgehead atoms. The van der Waals surface area contributed by atoms with E-state index in [0.717, 1.165) is 17.8 Å². The van der Waals surface area contributed by atoms with Gasteiger partial charge in [-0.3, -0.25) is 0 Å². The number of carbonyl (C=O) groups is 1. The average Bonchev–Trinajstić information content (AvgIpc) is 3.10. The maximum absolute atomic E-state index is 13.5. The summed E-state index contributed by atoms with van der Waals surface area (Å²) in [6.07, 6.45) is -3.89. The van der Waals surface area contributed by atoms with E-state index in [-0.39, 0.29) is 10.4 Å². The minimum Gasteiger partial charge on any atom is -0.508 e. The van der Waals surface area contributed by atoms with Gasteiger partial charge in [-0.25, -0.2) is 4.79 Å². The van der Waals surface area contributed by atoms with Crippen molar-refractivity contribution in [2.75, 3.05) is 0 Å². The molecule has 2 heterocycles. The number of rotatable bonds is 5. The van der Waals surface area contributed by atoms with E-state index in [0.29, 0.717) is 34.4 Å². The predicted molar refractivity (Wildman–Crippen MR) is 98.3 cm³/mol. The van der Waals surface area contributed by atoms with Gasteiger partial charge in [0.25, 0.3) is 0 Å². The van der Waals surface area contributed by atoms with Crippen molar-refractivity contribution < 1.29 is 28.2 Å². The van der Waals surface area contributed by atoms with Crippen LogP contribution in [0.5, 0.6) is 5.75 Å². The topological polar surface area (TPSA) is 62.5 Å². The zero-order valence-corrected chi connectivity index (χ0v) is 15.5. The fraction of sp³-hybridized carbons (Fsp3) is 0.316. The summed E-state index contributed by atoms with van der Waals surface area (Å²) < 4.78 is 42.9. The van der Waals surface area contributed by atoms with Crippen molar-refractivity contribution >= 4 is 27.5 Å². The van der Waals surface area contributed by atoms with Crippen LogP contribution in [0.1, 0.15) is 35.5 Å². The number of hydrogen-bond donors (Lipinski definition) is 2. The molecule has 0 saturated carbocycles. The summed E-state index contributed by atoms with van der Waals surface area (Å²) in [6, 6.07) is 6.28. The Balaban J connectivity index is 2.23. The van der Waals surface area contributed by atoms with Gasteiger partial charge in [0, 0.05) is 12.1 Å². The molecule has 0 aliphatic heterocycles. The van der Waals surface area contributed by atoms with Crippen LogP contribution in [0.25, 0.3) is 21.5 Å². The Labute approximate surface area is 157 Å². The monoisotopic (exact) mass is 397 g/mol. The van der Waals surface area contributed by atoms with Crippen LogP contribution < -0.4 is 0 Å². The van der Waals surface area contributed by atoms with Crippen LogP contribution in [0.15, 0.2) is 30.3 Å². The van der Waals surface area contributed by atoms with E-state index < -0.39 is 23.5 Å². The second kappa shape index (κ2) is 6.92. The summed E-state index contributed by atoms with van der Waals surface area (Å²) in [5, 5.41) is 18.7. The predicted octanol–water partition coefficient (Wildman–Crippen LogP) is 5.84. The molecule has 0 spiro atoms. The van der Waals surface area contributed by atoms with Gasteiger partial charge in [0.2, 0.25) is 0 Å². The van der Waals surface area contributed by atoms with Gasteiger partial charge in [-0.1, -0.05) is 13.8 Å². The molecule has 8 heteroatoms. The molecular formula is C19H18F3NO3S. The van der Waals surface area contributed by atoms with Gasteiger partial charge in [-0.05, 0) is 42.7 Å². The van der Waals surface area contributed by atoms with Crippen LogP contribution in [0.2, 0.25) is 0 Å². The van der Waals surface area contributed by atoms with Crippen molar-refractivity contribution in [1.82, 2.24) is 4.57 Å². The van der Waals surface area contributed by atoms with Crippen LogP contribution in [0, 0.1) is 5.92 Å². The first kappa shape index (κ1) is 19.3. The van der Waals surface area contributed by atoms with E-state index in [1.165, 1.54) is 18.2 Å². The fourth-order valence-corrected chi connectivity index (χ4v) is 3.93. The van der Waals surface area contributed by atoms with Crippen LogP contribution >= 0.6 is 11.3 Å². The van der Waals surface area contributed by atoms with Crippen LogP contribution in [-0.2, 0) is 12.7 Å². The molecule has 0 unspecified atom stereocenters. The molecule has 0 radical (unpaired) electrons. The van der Waals surface area contributed by atoms with Gasteiger partial charge in [-0.2, -0.15) is 13.2 Å². The Morgan fingerprint density at radius 2 is 1.93 bits per heavy atom. The number of thiophene rings is 1. The SMILES string of the molecule is CC(C)CCn1c(-c2ccc(O)cc2C(F)(F)F)cc2sc(C(=O)O)cc21. The molecule has 1 aromatic carbocycles. The first-order valence-electron chi connectivity index (χ1n) is 8.35. The number of aromatic hydroxyl groups is 1. The summed E-state index contributed by atoms with van der Waals surface area (Å²) in [6.45, 7) is 4.49. The summed E-state index contributed by atoms with van der Waals surface area (Å²) in [5.74, 6) is -1.19. The highest BCUT2D eigenvalue weighted by molar-refractivity contribution is 7.20. The van der Waals surface area contributed by atoms with E-state index in [2.05, 4.69) is 0 Å². The smallest absolute Gasteiger partial charge is 0.417 e. The van der Waals surface area contributed by atoms with E-state index in [1.807, 2.05) is 13.8 Å². The molecule has 144 valence electrons. The molecule has 0 aliphatic rings. The average molecular weight is 397 g/mol. The normalized spacial score (nSPS) is 12.2. The maximum Gasteiger partial charge on any atom is 0.417 e. The van der Waals surface area contributed by atoms with Crippen molar-refractivity contribution in [3.63, 3.8) is 0 Å². The summed E-state index contributed by atoms with van der Waals surface area (Å²) in [7, 11) is 0. The highest BCUT2D eigenvalue weighted by atomic mass is 32.1. The molecule has 0 saturated heterocycles. The third kappa shape index (κ3) is 3.80. The number of aromatic nitrogens is 1. The first-order valence-corrected chi connectivity index (χ1v) is 9.16. The van der Waals surface area contributed by atoms with Gasteiger partial charge in [-0.15, -0.1) is 11.3 Å². The van der Waals surface area contributed by atoms with Crippen molar-refractivity contribution in [1.29, 1.82) is 0 Å². The number of phenolic OH excluding ortho intramolecular Hbond substituents is 1. The van der Waals surface area contributed by atoms with Crippen LogP contribution in [0.4, 0.5) is 13.2 Å². The number of carboxylic acids is 1. The number of halogens is 3. The fourth-order valence-electron chi connectivity index (χ4n) is 2.99. The lowest BCUT2D eigenvalue weighted by Gasteiger charge is -2.17. The molecule has 3 rings (SSSR count). The third-order valence-corrected chi connectivity index (χ3v) is 5.37. The number of nitrogens with zero attached hydrogens (tertiary/aromatic N) is 1. The largest absolute Gasteiger partial charge is 0.508 e. The Morgan fingerprint density at radius 1 is 1.22 bits per heavy atom. The highest BCUT2D eigenvalue weighted by Crippen LogP contribution is 2.42. The molecule has 0 fully saturated rings. The number of aromatic carboxylic acids is 1. The zero-order valence-electron chi connectivity index (χ0n) is 14.7. The third-order valence-electron chi connectivity index (χ3n) is 4.31. The van der Waals surface area contributed by atoms with Crippen molar-refractivity contribution in [3.8, 4) is 17.0 Å². The Hall–Kier alpha value is -2.48. The molecule has 0 atom stereocenters. The lowest BCUT2D eigenvalue weighted by Crippen LogP contribution is -2.10. The second-order valence-electron chi connectivity index (χ2n) is 6.76. The Bertz CT molecular complexity index is 1000. The highest BCUT2D eigenvalue weighted by Gasteiger charge is 2.35. The first-order chi connectivity index (χ1) is 12.6. The lowest BCUT2D eigenvalue weighted by atomic mass is 10.0. The number of alkyl halides is 3. The molecule has 3 aromatic rings. The second-order valence-corrected chi connectivity index (χ2v) is 7.84. The van der Waals surface area contributed by atoms with E-state index in [1.54, 1.807) is 10.6 Å². The molecule has 27 heavy (non-hydrogen) atoms. The summed E-state index contributed by atoms with van der Waals surface area (Å²) in [5.41, 5.74) is 0.0108. The number of aryl methyl sites for hydroxylation is 1. The van der Waals surface area contributed by atoms with Gasteiger partial charge in [0.1, 0.15) is 10.6 Å². The summed E-state index contributed by atoms with van der Waals surface area (Å²) >= 11 is 1.03.